The lowest BCUT2D eigenvalue weighted by Crippen LogP contribution is -2.44. The van der Waals surface area contributed by atoms with Gasteiger partial charge in [-0.3, -0.25) is 4.79 Å². The molecular weight excluding hydrogens is 308 g/mol. The number of ether oxygens (including phenoxy) is 1. The number of nitrogens with zero attached hydrogens (tertiary/aromatic N) is 1. The van der Waals surface area contributed by atoms with E-state index in [9.17, 15) is 13.6 Å². The molecule has 18 heavy (non-hydrogen) atoms. The van der Waals surface area contributed by atoms with Crippen LogP contribution in [0.3, 0.4) is 0 Å². The first-order chi connectivity index (χ1) is 8.49. The normalized spacial score (nSPS) is 20.0. The molecule has 0 spiro atoms. The van der Waals surface area contributed by atoms with Crippen LogP contribution in [0.4, 0.5) is 8.78 Å². The van der Waals surface area contributed by atoms with Crippen molar-refractivity contribution in [2.24, 2.45) is 0 Å². The summed E-state index contributed by atoms with van der Waals surface area (Å²) in [6.45, 7) is 3.02. The second-order valence-electron chi connectivity index (χ2n) is 4.18. The second kappa shape index (κ2) is 5.32. The van der Waals surface area contributed by atoms with Gasteiger partial charge in [-0.1, -0.05) is 0 Å². The first-order valence-electron chi connectivity index (χ1n) is 5.54. The van der Waals surface area contributed by atoms with Gasteiger partial charge in [-0.15, -0.1) is 0 Å². The van der Waals surface area contributed by atoms with Crippen molar-refractivity contribution in [1.29, 1.82) is 0 Å². The van der Waals surface area contributed by atoms with Crippen molar-refractivity contribution in [1.82, 2.24) is 4.90 Å². The van der Waals surface area contributed by atoms with E-state index in [1.165, 1.54) is 4.90 Å². The lowest BCUT2D eigenvalue weighted by Gasteiger charge is -2.31. The number of halogens is 3. The molecule has 98 valence electrons. The van der Waals surface area contributed by atoms with Crippen LogP contribution in [0.5, 0.6) is 0 Å². The number of benzene rings is 1. The molecule has 0 aliphatic carbocycles. The zero-order chi connectivity index (χ0) is 13.3. The summed E-state index contributed by atoms with van der Waals surface area (Å²) in [6.07, 6.45) is -0.0916. The third-order valence-electron chi connectivity index (χ3n) is 2.77. The number of carbonyl (C=O) groups is 1. The van der Waals surface area contributed by atoms with Crippen molar-refractivity contribution in [3.8, 4) is 0 Å². The Bertz CT molecular complexity index is 481. The minimum absolute atomic E-state index is 0.00638. The van der Waals surface area contributed by atoms with E-state index in [1.54, 1.807) is 0 Å². The summed E-state index contributed by atoms with van der Waals surface area (Å²) in [5.74, 6) is -1.89. The minimum atomic E-state index is -0.729. The third-order valence-corrected chi connectivity index (χ3v) is 3.38. The fourth-order valence-electron chi connectivity index (χ4n) is 1.86. The average molecular weight is 320 g/mol. The fourth-order valence-corrected chi connectivity index (χ4v) is 2.18. The van der Waals surface area contributed by atoms with Crippen LogP contribution in [0.2, 0.25) is 0 Å². The Hall–Kier alpha value is -1.01. The smallest absolute Gasteiger partial charge is 0.257 e. The molecule has 1 saturated heterocycles. The molecule has 1 aromatic rings. The van der Waals surface area contributed by atoms with Crippen LogP contribution in [0.15, 0.2) is 16.6 Å². The highest BCUT2D eigenvalue weighted by Crippen LogP contribution is 2.21. The number of carbonyl (C=O) groups excluding carboxylic acids is 1. The summed E-state index contributed by atoms with van der Waals surface area (Å²) in [4.78, 5) is 13.6. The van der Waals surface area contributed by atoms with Crippen molar-refractivity contribution in [2.75, 3.05) is 19.7 Å². The number of hydrogen-bond donors (Lipinski definition) is 0. The van der Waals surface area contributed by atoms with Gasteiger partial charge in [-0.25, -0.2) is 8.78 Å². The maximum absolute atomic E-state index is 13.7. The SMILES string of the molecule is C[C@H]1CN(C(=O)c2cc(F)c(Br)cc2F)CCO1. The van der Waals surface area contributed by atoms with E-state index in [0.717, 1.165) is 12.1 Å². The topological polar surface area (TPSA) is 29.5 Å². The van der Waals surface area contributed by atoms with E-state index in [0.29, 0.717) is 19.7 Å². The first kappa shape index (κ1) is 13.4. The summed E-state index contributed by atoms with van der Waals surface area (Å²) in [5.41, 5.74) is -0.246. The molecule has 1 atom stereocenters. The van der Waals surface area contributed by atoms with Crippen LogP contribution < -0.4 is 0 Å². The molecule has 1 aliphatic heterocycles. The molecule has 0 bridgehead atoms. The predicted octanol–water partition coefficient (Wildman–Crippen LogP) is 2.59. The Labute approximate surface area is 112 Å². The quantitative estimate of drug-likeness (QED) is 0.745. The summed E-state index contributed by atoms with van der Waals surface area (Å²) < 4.78 is 32.3. The highest BCUT2D eigenvalue weighted by Gasteiger charge is 2.25. The fraction of sp³-hybridized carbons (Fsp3) is 0.417. The lowest BCUT2D eigenvalue weighted by atomic mass is 10.1. The van der Waals surface area contributed by atoms with Crippen LogP contribution in [-0.4, -0.2) is 36.6 Å². The molecule has 3 nitrogen and oxygen atoms in total. The molecular formula is C12H12BrF2NO2. The van der Waals surface area contributed by atoms with Gasteiger partial charge in [0.15, 0.2) is 0 Å². The molecule has 0 N–H and O–H groups in total. The Morgan fingerprint density at radius 2 is 2.17 bits per heavy atom. The molecule has 2 rings (SSSR count). The highest BCUT2D eigenvalue weighted by atomic mass is 79.9. The largest absolute Gasteiger partial charge is 0.375 e. The monoisotopic (exact) mass is 319 g/mol. The maximum Gasteiger partial charge on any atom is 0.257 e. The summed E-state index contributed by atoms with van der Waals surface area (Å²) >= 11 is 2.87. The van der Waals surface area contributed by atoms with E-state index >= 15 is 0 Å². The summed E-state index contributed by atoms with van der Waals surface area (Å²) in [5, 5.41) is 0. The standard InChI is InChI=1S/C12H12BrF2NO2/c1-7-6-16(2-3-18-7)12(17)8-4-11(15)9(13)5-10(8)14/h4-5,7H,2-3,6H2,1H3/t7-/m0/s1. The van der Waals surface area contributed by atoms with Gasteiger partial charge in [0.1, 0.15) is 11.6 Å². The molecule has 1 aliphatic rings. The number of amides is 1. The van der Waals surface area contributed by atoms with Gasteiger partial charge in [0, 0.05) is 13.1 Å². The Morgan fingerprint density at radius 1 is 1.44 bits per heavy atom. The lowest BCUT2D eigenvalue weighted by molar-refractivity contribution is -0.0126. The van der Waals surface area contributed by atoms with Crippen molar-refractivity contribution in [2.45, 2.75) is 13.0 Å². The van der Waals surface area contributed by atoms with Crippen LogP contribution in [-0.2, 0) is 4.74 Å². The third kappa shape index (κ3) is 2.70. The molecule has 0 unspecified atom stereocenters. The Balaban J connectivity index is 2.25. The van der Waals surface area contributed by atoms with Gasteiger partial charge >= 0.3 is 0 Å². The van der Waals surface area contributed by atoms with Crippen molar-refractivity contribution in [3.63, 3.8) is 0 Å². The molecule has 0 radical (unpaired) electrons. The number of rotatable bonds is 1. The van der Waals surface area contributed by atoms with Crippen LogP contribution >= 0.6 is 15.9 Å². The summed E-state index contributed by atoms with van der Waals surface area (Å²) in [7, 11) is 0. The zero-order valence-corrected chi connectivity index (χ0v) is 11.3. The molecule has 1 fully saturated rings. The van der Waals surface area contributed by atoms with Gasteiger partial charge in [-0.05, 0) is 35.0 Å². The molecule has 6 heteroatoms. The van der Waals surface area contributed by atoms with Crippen LogP contribution in [0.25, 0.3) is 0 Å². The van der Waals surface area contributed by atoms with Gasteiger partial charge in [-0.2, -0.15) is 0 Å². The van der Waals surface area contributed by atoms with E-state index in [1.807, 2.05) is 6.92 Å². The van der Waals surface area contributed by atoms with E-state index in [4.69, 9.17) is 4.74 Å². The van der Waals surface area contributed by atoms with E-state index in [-0.39, 0.29) is 16.1 Å². The molecule has 1 aromatic carbocycles. The van der Waals surface area contributed by atoms with E-state index < -0.39 is 17.5 Å². The van der Waals surface area contributed by atoms with Crippen molar-refractivity contribution >= 4 is 21.8 Å². The summed E-state index contributed by atoms with van der Waals surface area (Å²) in [6, 6.07) is 1.88. The maximum atomic E-state index is 13.7. The van der Waals surface area contributed by atoms with Gasteiger partial charge < -0.3 is 9.64 Å². The zero-order valence-electron chi connectivity index (χ0n) is 9.75. The minimum Gasteiger partial charge on any atom is -0.375 e. The van der Waals surface area contributed by atoms with Crippen LogP contribution in [0, 0.1) is 11.6 Å². The van der Waals surface area contributed by atoms with Gasteiger partial charge in [0.05, 0.1) is 22.7 Å². The second-order valence-corrected chi connectivity index (χ2v) is 5.03. The van der Waals surface area contributed by atoms with Gasteiger partial charge in [0.25, 0.3) is 5.91 Å². The van der Waals surface area contributed by atoms with Gasteiger partial charge in [0.2, 0.25) is 0 Å². The van der Waals surface area contributed by atoms with Crippen molar-refractivity contribution in [3.05, 3.63) is 33.8 Å². The molecule has 0 saturated carbocycles. The Morgan fingerprint density at radius 3 is 2.83 bits per heavy atom. The van der Waals surface area contributed by atoms with E-state index in [2.05, 4.69) is 15.9 Å². The highest BCUT2D eigenvalue weighted by molar-refractivity contribution is 9.10. The predicted molar refractivity (Wildman–Crippen MR) is 65.4 cm³/mol. The molecule has 1 heterocycles. The van der Waals surface area contributed by atoms with Crippen molar-refractivity contribution < 1.29 is 18.3 Å². The average Bonchev–Trinajstić information content (AvgIpc) is 2.33. The Kier molecular flexibility index (Phi) is 3.97. The molecule has 1 amide bonds. The number of morpholine rings is 1. The number of hydrogen-bond acceptors (Lipinski definition) is 2. The first-order valence-corrected chi connectivity index (χ1v) is 6.33. The molecule has 0 aromatic heterocycles. The van der Waals surface area contributed by atoms with Crippen LogP contribution in [0.1, 0.15) is 17.3 Å².